The number of nitrogens with zero attached hydrogens (tertiary/aromatic N) is 2. The van der Waals surface area contributed by atoms with Crippen LogP contribution < -0.4 is 5.73 Å². The predicted molar refractivity (Wildman–Crippen MR) is 100.0 cm³/mol. The van der Waals surface area contributed by atoms with E-state index in [0.717, 1.165) is 17.7 Å². The number of primary amides is 1. The molecule has 4 nitrogen and oxygen atoms in total. The number of imidazole rings is 1. The molecule has 0 aliphatic heterocycles. The van der Waals surface area contributed by atoms with Gasteiger partial charge in [0.2, 0.25) is 5.91 Å². The van der Waals surface area contributed by atoms with E-state index >= 15 is 0 Å². The van der Waals surface area contributed by atoms with Gasteiger partial charge in [-0.05, 0) is 64.9 Å². The van der Waals surface area contributed by atoms with Crippen molar-refractivity contribution in [2.24, 2.45) is 5.73 Å². The quantitative estimate of drug-likeness (QED) is 0.570. The molecular formula is C18H13F3IN3O. The molecule has 0 fully saturated rings. The number of halogens is 4. The van der Waals surface area contributed by atoms with Crippen molar-refractivity contribution >= 4 is 28.5 Å². The summed E-state index contributed by atoms with van der Waals surface area (Å²) < 4.78 is 42.4. The average molecular weight is 471 g/mol. The Balaban J connectivity index is 2.34. The number of hydrogen-bond acceptors (Lipinski definition) is 2. The highest BCUT2D eigenvalue weighted by Crippen LogP contribution is 2.37. The Morgan fingerprint density at radius 2 is 1.96 bits per heavy atom. The third-order valence-electron chi connectivity index (χ3n) is 3.94. The van der Waals surface area contributed by atoms with Crippen molar-refractivity contribution in [2.45, 2.75) is 13.1 Å². The Bertz CT molecular complexity index is 982. The van der Waals surface area contributed by atoms with Crippen molar-refractivity contribution in [3.63, 3.8) is 0 Å². The van der Waals surface area contributed by atoms with Crippen LogP contribution in [0, 0.1) is 10.5 Å². The van der Waals surface area contributed by atoms with Gasteiger partial charge in [0.1, 0.15) is 0 Å². The van der Waals surface area contributed by atoms with Gasteiger partial charge in [-0.25, -0.2) is 4.98 Å². The van der Waals surface area contributed by atoms with Gasteiger partial charge in [0.25, 0.3) is 0 Å². The monoisotopic (exact) mass is 471 g/mol. The summed E-state index contributed by atoms with van der Waals surface area (Å²) in [6.07, 6.45) is -0.0936. The highest BCUT2D eigenvalue weighted by atomic mass is 127. The third-order valence-corrected chi connectivity index (χ3v) is 5.33. The minimum atomic E-state index is -4.53. The van der Waals surface area contributed by atoms with Gasteiger partial charge in [-0.2, -0.15) is 13.2 Å². The maximum absolute atomic E-state index is 13.4. The van der Waals surface area contributed by atoms with Crippen LogP contribution >= 0.6 is 22.6 Å². The van der Waals surface area contributed by atoms with Crippen molar-refractivity contribution < 1.29 is 18.0 Å². The van der Waals surface area contributed by atoms with Gasteiger partial charge in [-0.3, -0.25) is 4.79 Å². The third kappa shape index (κ3) is 3.46. The Hall–Kier alpha value is -2.36. The fraction of sp³-hybridized carbons (Fsp3) is 0.111. The largest absolute Gasteiger partial charge is 0.416 e. The molecule has 0 aliphatic carbocycles. The molecule has 0 aliphatic rings. The van der Waals surface area contributed by atoms with E-state index in [1.165, 1.54) is 23.2 Å². The topological polar surface area (TPSA) is 60.9 Å². The standard InChI is InChI=1S/C18H13F3IN3O/c1-10-2-3-14(17(23)26)15(16(10)22)11-6-12(18(19,20)21)8-13(7-11)25-5-4-24-9-25/h2-9H,1H3,(H2,23,26). The molecular weight excluding hydrogens is 458 g/mol. The highest BCUT2D eigenvalue weighted by Gasteiger charge is 2.32. The molecule has 134 valence electrons. The summed E-state index contributed by atoms with van der Waals surface area (Å²) in [4.78, 5) is 15.7. The zero-order chi connectivity index (χ0) is 19.1. The van der Waals surface area contributed by atoms with Crippen LogP contribution in [-0.2, 0) is 6.18 Å². The number of aromatic nitrogens is 2. The van der Waals surface area contributed by atoms with E-state index in [9.17, 15) is 18.0 Å². The highest BCUT2D eigenvalue weighted by molar-refractivity contribution is 14.1. The minimum absolute atomic E-state index is 0.177. The van der Waals surface area contributed by atoms with Gasteiger partial charge >= 0.3 is 6.18 Å². The van der Waals surface area contributed by atoms with Gasteiger partial charge in [-0.1, -0.05) is 6.07 Å². The molecule has 26 heavy (non-hydrogen) atoms. The van der Waals surface area contributed by atoms with E-state index in [1.807, 2.05) is 29.5 Å². The molecule has 1 amide bonds. The number of benzene rings is 2. The smallest absolute Gasteiger partial charge is 0.366 e. The SMILES string of the molecule is Cc1ccc(C(N)=O)c(-c2cc(-n3ccnc3)cc(C(F)(F)F)c2)c1I. The number of carbonyl (C=O) groups excluding carboxylic acids is 1. The zero-order valence-electron chi connectivity index (χ0n) is 13.5. The van der Waals surface area contributed by atoms with Crippen molar-refractivity contribution in [1.29, 1.82) is 0 Å². The molecule has 0 atom stereocenters. The maximum atomic E-state index is 13.4. The Kier molecular flexibility index (Phi) is 4.78. The van der Waals surface area contributed by atoms with Crippen LogP contribution in [0.3, 0.4) is 0 Å². The second-order valence-electron chi connectivity index (χ2n) is 5.72. The lowest BCUT2D eigenvalue weighted by Gasteiger charge is -2.16. The second kappa shape index (κ2) is 6.75. The molecule has 0 bridgehead atoms. The first-order chi connectivity index (χ1) is 12.2. The Labute approximate surface area is 161 Å². The first-order valence-electron chi connectivity index (χ1n) is 7.48. The molecule has 0 saturated carbocycles. The number of aryl methyl sites for hydroxylation is 1. The second-order valence-corrected chi connectivity index (χ2v) is 6.80. The molecule has 2 N–H and O–H groups in total. The van der Waals surface area contributed by atoms with Crippen LogP contribution in [0.15, 0.2) is 49.1 Å². The zero-order valence-corrected chi connectivity index (χ0v) is 15.7. The van der Waals surface area contributed by atoms with Gasteiger partial charge in [0.05, 0.1) is 11.9 Å². The average Bonchev–Trinajstić information content (AvgIpc) is 3.10. The summed E-state index contributed by atoms with van der Waals surface area (Å²) in [5, 5.41) is 0. The summed E-state index contributed by atoms with van der Waals surface area (Å²) in [5.74, 6) is -0.695. The Morgan fingerprint density at radius 3 is 2.54 bits per heavy atom. The molecule has 0 spiro atoms. The molecule has 0 saturated heterocycles. The van der Waals surface area contributed by atoms with E-state index in [-0.39, 0.29) is 11.1 Å². The number of rotatable bonds is 3. The summed E-state index contributed by atoms with van der Waals surface area (Å²) in [5.41, 5.74) is 6.61. The van der Waals surface area contributed by atoms with Gasteiger partial charge in [-0.15, -0.1) is 0 Å². The summed E-state index contributed by atoms with van der Waals surface area (Å²) in [6, 6.07) is 6.91. The summed E-state index contributed by atoms with van der Waals surface area (Å²) in [7, 11) is 0. The lowest BCUT2D eigenvalue weighted by atomic mass is 9.95. The maximum Gasteiger partial charge on any atom is 0.416 e. The minimum Gasteiger partial charge on any atom is -0.366 e. The molecule has 3 aromatic rings. The van der Waals surface area contributed by atoms with E-state index in [0.29, 0.717) is 14.8 Å². The van der Waals surface area contributed by atoms with E-state index < -0.39 is 17.6 Å². The first-order valence-corrected chi connectivity index (χ1v) is 8.56. The summed E-state index contributed by atoms with van der Waals surface area (Å²) in [6.45, 7) is 1.82. The van der Waals surface area contributed by atoms with Crippen molar-refractivity contribution in [3.05, 3.63) is 69.3 Å². The van der Waals surface area contributed by atoms with Gasteiger partial charge in [0.15, 0.2) is 0 Å². The number of nitrogens with two attached hydrogens (primary N) is 1. The fourth-order valence-corrected chi connectivity index (χ4v) is 3.43. The van der Waals surface area contributed by atoms with Crippen LogP contribution in [0.2, 0.25) is 0 Å². The number of alkyl halides is 3. The van der Waals surface area contributed by atoms with Crippen LogP contribution in [0.4, 0.5) is 13.2 Å². The van der Waals surface area contributed by atoms with E-state index in [4.69, 9.17) is 5.73 Å². The normalized spacial score (nSPS) is 11.6. The molecule has 1 heterocycles. The van der Waals surface area contributed by atoms with Gasteiger partial charge < -0.3 is 10.3 Å². The van der Waals surface area contributed by atoms with Crippen LogP contribution in [0.1, 0.15) is 21.5 Å². The van der Waals surface area contributed by atoms with E-state index in [2.05, 4.69) is 4.98 Å². The fourth-order valence-electron chi connectivity index (χ4n) is 2.65. The Morgan fingerprint density at radius 1 is 1.23 bits per heavy atom. The van der Waals surface area contributed by atoms with Crippen molar-refractivity contribution in [2.75, 3.05) is 0 Å². The molecule has 2 aromatic carbocycles. The summed E-state index contributed by atoms with van der Waals surface area (Å²) >= 11 is 2.02. The number of amides is 1. The lowest BCUT2D eigenvalue weighted by Crippen LogP contribution is -2.14. The molecule has 3 rings (SSSR count). The van der Waals surface area contributed by atoms with Crippen LogP contribution in [-0.4, -0.2) is 15.5 Å². The molecule has 8 heteroatoms. The molecule has 0 unspecified atom stereocenters. The first kappa shape index (κ1) is 18.4. The number of carbonyl (C=O) groups is 1. The lowest BCUT2D eigenvalue weighted by molar-refractivity contribution is -0.137. The molecule has 1 aromatic heterocycles. The van der Waals surface area contributed by atoms with E-state index in [1.54, 1.807) is 18.3 Å². The number of hydrogen-bond donors (Lipinski definition) is 1. The van der Waals surface area contributed by atoms with Crippen LogP contribution in [0.5, 0.6) is 0 Å². The molecule has 0 radical (unpaired) electrons. The van der Waals surface area contributed by atoms with Crippen LogP contribution in [0.25, 0.3) is 16.8 Å². The predicted octanol–water partition coefficient (Wildman–Crippen LogP) is 4.57. The van der Waals surface area contributed by atoms with Crippen molar-refractivity contribution in [3.8, 4) is 16.8 Å². The van der Waals surface area contributed by atoms with Crippen molar-refractivity contribution in [1.82, 2.24) is 9.55 Å². The van der Waals surface area contributed by atoms with Gasteiger partial charge in [0, 0.05) is 32.8 Å².